The van der Waals surface area contributed by atoms with Crippen molar-refractivity contribution in [3.63, 3.8) is 0 Å². The maximum absolute atomic E-state index is 13.6. The third kappa shape index (κ3) is 7.94. The van der Waals surface area contributed by atoms with Crippen LogP contribution in [0.3, 0.4) is 0 Å². The van der Waals surface area contributed by atoms with Crippen LogP contribution in [0.4, 0.5) is 28.6 Å². The zero-order valence-corrected chi connectivity index (χ0v) is 26.9. The normalized spacial score (nSPS) is 15.8. The summed E-state index contributed by atoms with van der Waals surface area (Å²) in [5, 5.41) is 9.41. The Kier molecular flexibility index (Phi) is 10.3. The van der Waals surface area contributed by atoms with Crippen molar-refractivity contribution in [2.75, 3.05) is 47.3 Å². The van der Waals surface area contributed by atoms with Crippen LogP contribution in [0, 0.1) is 6.92 Å². The first-order chi connectivity index (χ1) is 20.9. The number of nitrogens with one attached hydrogen (secondary N) is 4. The van der Waals surface area contributed by atoms with Crippen LogP contribution < -0.4 is 31.1 Å². The highest BCUT2D eigenvalue weighted by Crippen LogP contribution is 2.39. The number of nitrogens with two attached hydrogens (primary N) is 1. The summed E-state index contributed by atoms with van der Waals surface area (Å²) in [6.07, 6.45) is 3.97. The molecule has 1 aliphatic rings. The number of amides is 1. The number of aromatic nitrogens is 1. The Hall–Kier alpha value is -4.42. The molecule has 4 rings (SSSR count). The van der Waals surface area contributed by atoms with Gasteiger partial charge in [-0.2, -0.15) is 0 Å². The van der Waals surface area contributed by atoms with Crippen LogP contribution in [0.5, 0.6) is 5.75 Å². The van der Waals surface area contributed by atoms with E-state index in [1.54, 1.807) is 18.3 Å². The number of amidine groups is 1. The average molecular weight is 620 g/mol. The van der Waals surface area contributed by atoms with E-state index in [0.29, 0.717) is 58.8 Å². The Bertz CT molecular complexity index is 1590. The first-order valence-corrected chi connectivity index (χ1v) is 15.8. The Morgan fingerprint density at radius 2 is 1.93 bits per heavy atom. The van der Waals surface area contributed by atoms with Crippen molar-refractivity contribution in [3.05, 3.63) is 77.6 Å². The molecular formula is C32H41N7O4S. The molecule has 44 heavy (non-hydrogen) atoms. The van der Waals surface area contributed by atoms with Gasteiger partial charge in [0.2, 0.25) is 0 Å². The molecule has 6 N–H and O–H groups in total. The number of rotatable bonds is 11. The molecule has 1 amide bonds. The molecule has 1 aliphatic heterocycles. The van der Waals surface area contributed by atoms with Crippen LogP contribution >= 0.6 is 0 Å². The van der Waals surface area contributed by atoms with Gasteiger partial charge in [-0.05, 0) is 72.5 Å². The van der Waals surface area contributed by atoms with Crippen molar-refractivity contribution in [3.8, 4) is 5.75 Å². The van der Waals surface area contributed by atoms with Crippen LogP contribution in [-0.2, 0) is 21.1 Å². The van der Waals surface area contributed by atoms with Gasteiger partial charge in [0.15, 0.2) is 11.6 Å². The van der Waals surface area contributed by atoms with Crippen molar-refractivity contribution in [1.29, 1.82) is 0 Å². The van der Waals surface area contributed by atoms with Gasteiger partial charge in [-0.1, -0.05) is 33.4 Å². The molecule has 1 saturated heterocycles. The number of anilines is 4. The molecule has 1 fully saturated rings. The lowest BCUT2D eigenvalue weighted by Gasteiger charge is -2.24. The molecule has 0 radical (unpaired) electrons. The van der Waals surface area contributed by atoms with E-state index in [-0.39, 0.29) is 23.2 Å². The minimum absolute atomic E-state index is 0.169. The van der Waals surface area contributed by atoms with E-state index in [0.717, 1.165) is 17.5 Å². The summed E-state index contributed by atoms with van der Waals surface area (Å²) in [5.74, 6) is 0.830. The van der Waals surface area contributed by atoms with Crippen molar-refractivity contribution in [2.45, 2.75) is 45.6 Å². The number of benzene rings is 2. The lowest BCUT2D eigenvalue weighted by atomic mass is 9.86. The molecule has 2 unspecified atom stereocenters. The molecule has 234 valence electrons. The Balaban J connectivity index is 1.67. The largest absolute Gasteiger partial charge is 0.492 e. The fourth-order valence-electron chi connectivity index (χ4n) is 4.67. The molecule has 2 atom stereocenters. The number of ether oxygens (including phenoxy) is 2. The smallest absolute Gasteiger partial charge is 0.255 e. The molecule has 0 saturated carbocycles. The van der Waals surface area contributed by atoms with Gasteiger partial charge in [-0.3, -0.25) is 4.79 Å². The standard InChI is InChI=1S/C32H41N7O4S/c1-8-34-23-11-12-27(35-22-13-14-43-18-22)38-28(23)30(33)36-24-15-20(10-9-19(24)2)31(40)37-25-16-21(32(3,4)5)17-26(29(25)42-6)39-44(7)41/h8-12,15-17,22,34,39H,1,13-14,18H2,2-7H3,(H2,33,36)(H,35,38)(H,37,40). The van der Waals surface area contributed by atoms with Crippen LogP contribution in [0.2, 0.25) is 0 Å². The van der Waals surface area contributed by atoms with Crippen LogP contribution in [0.1, 0.15) is 54.4 Å². The second kappa shape index (κ2) is 13.9. The van der Waals surface area contributed by atoms with E-state index in [4.69, 9.17) is 20.2 Å². The Labute approximate surface area is 261 Å². The maximum Gasteiger partial charge on any atom is 0.255 e. The van der Waals surface area contributed by atoms with Gasteiger partial charge in [-0.25, -0.2) is 14.2 Å². The molecule has 2 aromatic carbocycles. The number of carbonyl (C=O) groups excluding carboxylic acids is 1. The van der Waals surface area contributed by atoms with E-state index < -0.39 is 11.0 Å². The topological polar surface area (TPSA) is 152 Å². The lowest BCUT2D eigenvalue weighted by molar-refractivity contribution is 0.102. The molecular weight excluding hydrogens is 578 g/mol. The fourth-order valence-corrected chi connectivity index (χ4v) is 5.13. The number of methoxy groups -OCH3 is 1. The first kappa shape index (κ1) is 32.5. The molecule has 1 aromatic heterocycles. The molecule has 3 aromatic rings. The van der Waals surface area contributed by atoms with E-state index >= 15 is 0 Å². The predicted molar refractivity (Wildman–Crippen MR) is 180 cm³/mol. The summed E-state index contributed by atoms with van der Waals surface area (Å²) in [7, 11) is 0.154. The van der Waals surface area contributed by atoms with Gasteiger partial charge in [0, 0.05) is 18.4 Å². The number of nitrogens with zero attached hydrogens (tertiary/aromatic N) is 2. The summed E-state index contributed by atoms with van der Waals surface area (Å²) in [4.78, 5) is 23.0. The number of hydrogen-bond acceptors (Lipinski definition) is 8. The summed E-state index contributed by atoms with van der Waals surface area (Å²) in [5.41, 5.74) is 11.0. The SMILES string of the molecule is C=CNc1ccc(NC2CCOC2)nc1C(N)=Nc1cc(C(=O)Nc2cc(C(C)(C)C)cc(NS(C)=O)c2OC)ccc1C. The second-order valence-corrected chi connectivity index (χ2v) is 12.6. The maximum atomic E-state index is 13.6. The van der Waals surface area contributed by atoms with E-state index in [9.17, 15) is 9.00 Å². The third-order valence-corrected chi connectivity index (χ3v) is 7.56. The quantitative estimate of drug-likeness (QED) is 0.140. The van der Waals surface area contributed by atoms with Crippen LogP contribution in [0.25, 0.3) is 0 Å². The number of aliphatic imine (C=N–C) groups is 1. The molecule has 0 aliphatic carbocycles. The van der Waals surface area contributed by atoms with Crippen molar-refractivity contribution < 1.29 is 18.5 Å². The molecule has 0 spiro atoms. The van der Waals surface area contributed by atoms with Gasteiger partial charge in [-0.15, -0.1) is 0 Å². The average Bonchev–Trinajstić information content (AvgIpc) is 3.47. The Morgan fingerprint density at radius 3 is 2.57 bits per heavy atom. The van der Waals surface area contributed by atoms with Gasteiger partial charge < -0.3 is 35.9 Å². The van der Waals surface area contributed by atoms with E-state index in [1.807, 2.05) is 37.3 Å². The number of aryl methyl sites for hydroxylation is 1. The minimum atomic E-state index is -1.35. The molecule has 12 heteroatoms. The molecule has 0 bridgehead atoms. The fraction of sp³-hybridized carbons (Fsp3) is 0.344. The van der Waals surface area contributed by atoms with Crippen molar-refractivity contribution in [1.82, 2.24) is 4.98 Å². The van der Waals surface area contributed by atoms with Crippen LogP contribution in [0.15, 0.2) is 60.2 Å². The summed E-state index contributed by atoms with van der Waals surface area (Å²) in [6.45, 7) is 13.1. The van der Waals surface area contributed by atoms with Crippen molar-refractivity contribution >= 4 is 51.3 Å². The highest BCUT2D eigenvalue weighted by molar-refractivity contribution is 7.85. The number of pyridine rings is 1. The zero-order chi connectivity index (χ0) is 32.0. The Morgan fingerprint density at radius 1 is 1.18 bits per heavy atom. The van der Waals surface area contributed by atoms with Gasteiger partial charge in [0.1, 0.15) is 22.5 Å². The van der Waals surface area contributed by atoms with Gasteiger partial charge in [0.05, 0.1) is 42.5 Å². The minimum Gasteiger partial charge on any atom is -0.492 e. The number of hydrogen-bond donors (Lipinski definition) is 5. The summed E-state index contributed by atoms with van der Waals surface area (Å²) in [6, 6.07) is 12.8. The van der Waals surface area contributed by atoms with Gasteiger partial charge in [0.25, 0.3) is 5.91 Å². The van der Waals surface area contributed by atoms with Crippen molar-refractivity contribution in [2.24, 2.45) is 10.7 Å². The third-order valence-electron chi connectivity index (χ3n) is 7.05. The molecule has 11 nitrogen and oxygen atoms in total. The number of carbonyl (C=O) groups is 1. The van der Waals surface area contributed by atoms with Crippen LogP contribution in [-0.4, -0.2) is 53.6 Å². The zero-order valence-electron chi connectivity index (χ0n) is 26.0. The molecule has 2 heterocycles. The first-order valence-electron chi connectivity index (χ1n) is 14.2. The van der Waals surface area contributed by atoms with Gasteiger partial charge >= 0.3 is 0 Å². The second-order valence-electron chi connectivity index (χ2n) is 11.5. The summed E-state index contributed by atoms with van der Waals surface area (Å²) < 4.78 is 26.0. The summed E-state index contributed by atoms with van der Waals surface area (Å²) >= 11 is 0. The lowest BCUT2D eigenvalue weighted by Crippen LogP contribution is -2.22. The highest BCUT2D eigenvalue weighted by atomic mass is 32.2. The highest BCUT2D eigenvalue weighted by Gasteiger charge is 2.22. The van der Waals surface area contributed by atoms with E-state index in [2.05, 4.69) is 53.0 Å². The monoisotopic (exact) mass is 619 g/mol. The van der Waals surface area contributed by atoms with E-state index in [1.165, 1.54) is 13.4 Å². The predicted octanol–water partition coefficient (Wildman–Crippen LogP) is 5.45.